The van der Waals surface area contributed by atoms with Gasteiger partial charge in [0.05, 0.1) is 25.9 Å². The highest BCUT2D eigenvalue weighted by Gasteiger charge is 2.47. The van der Waals surface area contributed by atoms with Crippen molar-refractivity contribution < 1.29 is 18.9 Å². The van der Waals surface area contributed by atoms with Gasteiger partial charge in [0.1, 0.15) is 24.4 Å². The fourth-order valence-electron chi connectivity index (χ4n) is 4.25. The SMILES string of the molecule is C#C[C@@H]1O[C@H](CC)[C@@H](OCc2ccccc2)[C@H](OCc2ccccc2)[C@H]1OCc1ccccc1. The summed E-state index contributed by atoms with van der Waals surface area (Å²) in [6, 6.07) is 30.3. The molecule has 5 atom stereocenters. The fraction of sp³-hybridized carbons (Fsp3) is 0.333. The number of hydrogen-bond acceptors (Lipinski definition) is 4. The molecule has 3 aromatic carbocycles. The Kier molecular flexibility index (Phi) is 8.90. The van der Waals surface area contributed by atoms with Crippen LogP contribution >= 0.6 is 0 Å². The first-order valence-corrected chi connectivity index (χ1v) is 11.9. The van der Waals surface area contributed by atoms with Crippen molar-refractivity contribution >= 4 is 0 Å². The molecule has 0 radical (unpaired) electrons. The minimum absolute atomic E-state index is 0.192. The van der Waals surface area contributed by atoms with Crippen LogP contribution in [-0.4, -0.2) is 30.5 Å². The Morgan fingerprint density at radius 2 is 1.06 bits per heavy atom. The molecule has 0 spiro atoms. The summed E-state index contributed by atoms with van der Waals surface area (Å²) in [5, 5.41) is 0. The lowest BCUT2D eigenvalue weighted by Crippen LogP contribution is -2.59. The van der Waals surface area contributed by atoms with Gasteiger partial charge in [-0.1, -0.05) is 104 Å². The van der Waals surface area contributed by atoms with Crippen LogP contribution in [-0.2, 0) is 38.8 Å². The summed E-state index contributed by atoms with van der Waals surface area (Å²) in [6.07, 6.45) is 4.79. The Balaban J connectivity index is 1.57. The lowest BCUT2D eigenvalue weighted by Gasteiger charge is -2.44. The molecule has 0 aromatic heterocycles. The smallest absolute Gasteiger partial charge is 0.147 e. The third-order valence-corrected chi connectivity index (χ3v) is 6.06. The zero-order chi connectivity index (χ0) is 23.6. The third kappa shape index (κ3) is 6.34. The Bertz CT molecular complexity index is 1020. The van der Waals surface area contributed by atoms with E-state index < -0.39 is 12.2 Å². The van der Waals surface area contributed by atoms with E-state index in [1.807, 2.05) is 66.7 Å². The molecule has 1 heterocycles. The molecule has 0 N–H and O–H groups in total. The van der Waals surface area contributed by atoms with Crippen LogP contribution in [0.15, 0.2) is 91.0 Å². The van der Waals surface area contributed by atoms with Crippen LogP contribution in [0.5, 0.6) is 0 Å². The molecular formula is C30H32O4. The zero-order valence-electron chi connectivity index (χ0n) is 19.6. The maximum atomic E-state index is 6.51. The van der Waals surface area contributed by atoms with Crippen LogP contribution in [0.25, 0.3) is 0 Å². The number of benzene rings is 3. The molecule has 4 heteroatoms. The number of ether oxygens (including phenoxy) is 4. The molecule has 1 fully saturated rings. The first-order chi connectivity index (χ1) is 16.8. The minimum Gasteiger partial charge on any atom is -0.368 e. The second-order valence-electron chi connectivity index (χ2n) is 8.45. The van der Waals surface area contributed by atoms with Crippen molar-refractivity contribution in [2.75, 3.05) is 0 Å². The van der Waals surface area contributed by atoms with Gasteiger partial charge in [0, 0.05) is 0 Å². The maximum absolute atomic E-state index is 6.51. The lowest BCUT2D eigenvalue weighted by molar-refractivity contribution is -0.253. The molecular weight excluding hydrogens is 424 g/mol. The van der Waals surface area contributed by atoms with Crippen molar-refractivity contribution in [3.05, 3.63) is 108 Å². The molecule has 0 bridgehead atoms. The van der Waals surface area contributed by atoms with Crippen molar-refractivity contribution in [3.8, 4) is 12.3 Å². The standard InChI is InChI=1S/C30H32O4/c1-3-26-28(31-20-23-14-8-5-9-15-23)30(33-22-25-18-12-7-13-19-25)29(27(4-2)34-26)32-21-24-16-10-6-11-17-24/h1,5-19,26-30H,4,20-22H2,2H3/t26-,27+,28-,29+,30+/m0/s1. The molecule has 1 saturated heterocycles. The van der Waals surface area contributed by atoms with E-state index in [0.717, 1.165) is 23.1 Å². The van der Waals surface area contributed by atoms with Crippen molar-refractivity contribution in [3.63, 3.8) is 0 Å². The lowest BCUT2D eigenvalue weighted by atomic mass is 9.93. The normalized spacial score (nSPS) is 24.4. The van der Waals surface area contributed by atoms with Crippen LogP contribution in [0.2, 0.25) is 0 Å². The summed E-state index contributed by atoms with van der Waals surface area (Å²) in [6.45, 7) is 3.40. The first kappa shape index (κ1) is 24.2. The fourth-order valence-corrected chi connectivity index (χ4v) is 4.25. The molecule has 4 nitrogen and oxygen atoms in total. The van der Waals surface area contributed by atoms with Crippen LogP contribution in [0, 0.1) is 12.3 Å². The van der Waals surface area contributed by atoms with Crippen LogP contribution in [0.3, 0.4) is 0 Å². The summed E-state index contributed by atoms with van der Waals surface area (Å²) in [5.41, 5.74) is 3.25. The molecule has 4 rings (SSSR count). The average Bonchev–Trinajstić information content (AvgIpc) is 2.91. The molecule has 0 amide bonds. The van der Waals surface area contributed by atoms with Gasteiger partial charge < -0.3 is 18.9 Å². The van der Waals surface area contributed by atoms with Crippen molar-refractivity contribution in [2.45, 2.75) is 63.7 Å². The van der Waals surface area contributed by atoms with Crippen LogP contribution < -0.4 is 0 Å². The van der Waals surface area contributed by atoms with Crippen molar-refractivity contribution in [1.29, 1.82) is 0 Å². The van der Waals surface area contributed by atoms with E-state index in [2.05, 4.69) is 37.1 Å². The van der Waals surface area contributed by atoms with Crippen molar-refractivity contribution in [2.24, 2.45) is 0 Å². The molecule has 3 aromatic rings. The monoisotopic (exact) mass is 456 g/mol. The van der Waals surface area contributed by atoms with Crippen LogP contribution in [0.1, 0.15) is 30.0 Å². The summed E-state index contributed by atoms with van der Waals surface area (Å²) < 4.78 is 25.6. The average molecular weight is 457 g/mol. The molecule has 0 unspecified atom stereocenters. The highest BCUT2D eigenvalue weighted by atomic mass is 16.6. The largest absolute Gasteiger partial charge is 0.368 e. The summed E-state index contributed by atoms with van der Waals surface area (Å²) in [5.74, 6) is 2.79. The topological polar surface area (TPSA) is 36.9 Å². The van der Waals surface area contributed by atoms with Gasteiger partial charge in [-0.3, -0.25) is 0 Å². The summed E-state index contributed by atoms with van der Waals surface area (Å²) in [7, 11) is 0. The van der Waals surface area contributed by atoms with Crippen LogP contribution in [0.4, 0.5) is 0 Å². The van der Waals surface area contributed by atoms with E-state index >= 15 is 0 Å². The second kappa shape index (κ2) is 12.5. The predicted molar refractivity (Wildman–Crippen MR) is 133 cm³/mol. The van der Waals surface area contributed by atoms with E-state index in [1.54, 1.807) is 0 Å². The van der Waals surface area contributed by atoms with E-state index in [-0.39, 0.29) is 18.3 Å². The summed E-state index contributed by atoms with van der Waals surface area (Å²) in [4.78, 5) is 0. The quantitative estimate of drug-likeness (QED) is 0.375. The number of rotatable bonds is 10. The second-order valence-corrected chi connectivity index (χ2v) is 8.45. The van der Waals surface area contributed by atoms with E-state index in [4.69, 9.17) is 25.4 Å². The Hall–Kier alpha value is -2.94. The molecule has 1 aliphatic rings. The highest BCUT2D eigenvalue weighted by molar-refractivity contribution is 5.16. The molecule has 1 aliphatic heterocycles. The van der Waals surface area contributed by atoms with Gasteiger partial charge in [-0.2, -0.15) is 0 Å². The zero-order valence-corrected chi connectivity index (χ0v) is 19.6. The van der Waals surface area contributed by atoms with Crippen molar-refractivity contribution in [1.82, 2.24) is 0 Å². The Morgan fingerprint density at radius 1 is 0.647 bits per heavy atom. The van der Waals surface area contributed by atoms with Gasteiger partial charge in [0.2, 0.25) is 0 Å². The first-order valence-electron chi connectivity index (χ1n) is 11.9. The van der Waals surface area contributed by atoms with E-state index in [1.165, 1.54) is 0 Å². The maximum Gasteiger partial charge on any atom is 0.147 e. The minimum atomic E-state index is -0.522. The van der Waals surface area contributed by atoms with E-state index in [9.17, 15) is 0 Å². The Labute approximate surface area is 202 Å². The Morgan fingerprint density at radius 3 is 1.47 bits per heavy atom. The van der Waals surface area contributed by atoms with E-state index in [0.29, 0.717) is 19.8 Å². The highest BCUT2D eigenvalue weighted by Crippen LogP contribution is 2.31. The molecule has 176 valence electrons. The molecule has 0 aliphatic carbocycles. The molecule has 34 heavy (non-hydrogen) atoms. The van der Waals surface area contributed by atoms with Gasteiger partial charge in [0.25, 0.3) is 0 Å². The number of hydrogen-bond donors (Lipinski definition) is 0. The van der Waals surface area contributed by atoms with Gasteiger partial charge in [-0.15, -0.1) is 6.42 Å². The third-order valence-electron chi connectivity index (χ3n) is 6.06. The molecule has 0 saturated carbocycles. The van der Waals surface area contributed by atoms with Gasteiger partial charge in [-0.25, -0.2) is 0 Å². The number of terminal acetylenes is 1. The van der Waals surface area contributed by atoms with Gasteiger partial charge >= 0.3 is 0 Å². The summed E-state index contributed by atoms with van der Waals surface area (Å²) >= 11 is 0. The predicted octanol–water partition coefficient (Wildman–Crippen LogP) is 5.55. The van der Waals surface area contributed by atoms with Gasteiger partial charge in [-0.05, 0) is 23.1 Å². The van der Waals surface area contributed by atoms with Gasteiger partial charge in [0.15, 0.2) is 0 Å².